The lowest BCUT2D eigenvalue weighted by Gasteiger charge is -1.71. The van der Waals surface area contributed by atoms with E-state index in [4.69, 9.17) is 0 Å². The molecule has 0 radical (unpaired) electrons. The maximum absolute atomic E-state index is 10.2. The quantitative estimate of drug-likeness (QED) is 0.528. The fraction of sp³-hybridized carbons (Fsp3) is 0.500. The first-order valence-electron chi connectivity index (χ1n) is 4.11. The van der Waals surface area contributed by atoms with Gasteiger partial charge in [-0.2, -0.15) is 0 Å². The van der Waals surface area contributed by atoms with Gasteiger partial charge in [-0.3, -0.25) is 4.79 Å². The van der Waals surface area contributed by atoms with E-state index in [9.17, 15) is 4.79 Å². The lowest BCUT2D eigenvalue weighted by atomic mass is 10.3. The molecular formula is C10H16O. The molecule has 11 heavy (non-hydrogen) atoms. The molecule has 0 unspecified atom stereocenters. The molecule has 1 rings (SSSR count). The van der Waals surface area contributed by atoms with Crippen LogP contribution in [0.2, 0.25) is 0 Å². The summed E-state index contributed by atoms with van der Waals surface area (Å²) in [6.45, 7) is 4.16. The van der Waals surface area contributed by atoms with Crippen LogP contribution in [0.3, 0.4) is 0 Å². The summed E-state index contributed by atoms with van der Waals surface area (Å²) in [6.07, 6.45) is 10.6. The van der Waals surface area contributed by atoms with Crippen LogP contribution in [0.1, 0.15) is 33.1 Å². The fourth-order valence-electron chi connectivity index (χ4n) is 0.759. The molecule has 1 aliphatic rings. The predicted octanol–water partition coefficient (Wildman–Crippen LogP) is 2.88. The Morgan fingerprint density at radius 2 is 2.36 bits per heavy atom. The third kappa shape index (κ3) is 7.04. The van der Waals surface area contributed by atoms with Crippen molar-refractivity contribution in [3.63, 3.8) is 0 Å². The minimum absolute atomic E-state index is 0.273. The van der Waals surface area contributed by atoms with Gasteiger partial charge in [0.25, 0.3) is 0 Å². The summed E-state index contributed by atoms with van der Waals surface area (Å²) in [5.41, 5.74) is 0. The normalized spacial score (nSPS) is 15.3. The van der Waals surface area contributed by atoms with Crippen LogP contribution in [-0.2, 0) is 4.79 Å². The Morgan fingerprint density at radius 1 is 1.64 bits per heavy atom. The third-order valence-corrected chi connectivity index (χ3v) is 1.33. The highest BCUT2D eigenvalue weighted by molar-refractivity contribution is 5.91. The van der Waals surface area contributed by atoms with Crippen LogP contribution in [0.25, 0.3) is 0 Å². The molecule has 0 amide bonds. The molecule has 0 saturated carbocycles. The van der Waals surface area contributed by atoms with E-state index in [-0.39, 0.29) is 5.78 Å². The topological polar surface area (TPSA) is 17.1 Å². The zero-order valence-corrected chi connectivity index (χ0v) is 7.34. The number of carbonyl (C=O) groups excluding carboxylic acids is 1. The van der Waals surface area contributed by atoms with Gasteiger partial charge >= 0.3 is 0 Å². The number of ketones is 1. The minimum Gasteiger partial charge on any atom is -0.295 e. The van der Waals surface area contributed by atoms with E-state index in [0.717, 1.165) is 19.3 Å². The summed E-state index contributed by atoms with van der Waals surface area (Å²) in [5.74, 6) is 0.273. The fourth-order valence-corrected chi connectivity index (χ4v) is 0.759. The van der Waals surface area contributed by atoms with E-state index in [1.165, 1.54) is 0 Å². The molecule has 1 heteroatoms. The van der Waals surface area contributed by atoms with Crippen molar-refractivity contribution in [3.8, 4) is 0 Å². The zero-order chi connectivity index (χ0) is 8.53. The second-order valence-electron chi connectivity index (χ2n) is 2.38. The Morgan fingerprint density at radius 3 is 2.45 bits per heavy atom. The van der Waals surface area contributed by atoms with E-state index in [2.05, 4.69) is 19.1 Å². The first kappa shape index (κ1) is 10.2. The van der Waals surface area contributed by atoms with E-state index in [0.29, 0.717) is 0 Å². The summed E-state index contributed by atoms with van der Waals surface area (Å²) in [4.78, 5) is 10.2. The van der Waals surface area contributed by atoms with E-state index >= 15 is 0 Å². The van der Waals surface area contributed by atoms with E-state index in [1.807, 2.05) is 13.0 Å². The highest BCUT2D eigenvalue weighted by Crippen LogP contribution is 2.01. The summed E-state index contributed by atoms with van der Waals surface area (Å²) < 4.78 is 0. The Bertz CT molecular complexity index is 154. The van der Waals surface area contributed by atoms with Gasteiger partial charge in [0.15, 0.2) is 5.78 Å². The van der Waals surface area contributed by atoms with Crippen LogP contribution in [0.4, 0.5) is 0 Å². The molecule has 0 heterocycles. The number of hydrogen-bond acceptors (Lipinski definition) is 1. The number of allylic oxidation sites excluding steroid dienone is 4. The van der Waals surface area contributed by atoms with Gasteiger partial charge in [-0.1, -0.05) is 25.2 Å². The molecule has 0 aromatic heterocycles. The first-order valence-corrected chi connectivity index (χ1v) is 4.11. The SMILES string of the molecule is C/C=C\CC.O=C1C=CCC1. The van der Waals surface area contributed by atoms with Gasteiger partial charge in [-0.05, 0) is 25.8 Å². The lowest BCUT2D eigenvalue weighted by molar-refractivity contribution is -0.114. The summed E-state index contributed by atoms with van der Waals surface area (Å²) >= 11 is 0. The van der Waals surface area contributed by atoms with Gasteiger partial charge in [0.05, 0.1) is 0 Å². The van der Waals surface area contributed by atoms with Crippen LogP contribution in [0, 0.1) is 0 Å². The molecule has 0 fully saturated rings. The lowest BCUT2D eigenvalue weighted by Crippen LogP contribution is -1.80. The van der Waals surface area contributed by atoms with Crippen molar-refractivity contribution in [1.82, 2.24) is 0 Å². The van der Waals surface area contributed by atoms with Gasteiger partial charge in [-0.15, -0.1) is 0 Å². The Kier molecular flexibility index (Phi) is 6.70. The van der Waals surface area contributed by atoms with Crippen molar-refractivity contribution in [3.05, 3.63) is 24.3 Å². The summed E-state index contributed by atoms with van der Waals surface area (Å²) in [5, 5.41) is 0. The molecule has 1 aliphatic carbocycles. The molecule has 0 aromatic rings. The zero-order valence-electron chi connectivity index (χ0n) is 7.34. The predicted molar refractivity (Wildman–Crippen MR) is 48.5 cm³/mol. The maximum Gasteiger partial charge on any atom is 0.155 e. The van der Waals surface area contributed by atoms with Crippen LogP contribution in [0.5, 0.6) is 0 Å². The van der Waals surface area contributed by atoms with Crippen molar-refractivity contribution >= 4 is 5.78 Å². The van der Waals surface area contributed by atoms with Crippen LogP contribution < -0.4 is 0 Å². The molecule has 0 atom stereocenters. The van der Waals surface area contributed by atoms with Crippen molar-refractivity contribution in [2.75, 3.05) is 0 Å². The second-order valence-corrected chi connectivity index (χ2v) is 2.38. The number of hydrogen-bond donors (Lipinski definition) is 0. The molecule has 62 valence electrons. The Labute approximate surface area is 68.8 Å². The average Bonchev–Trinajstić information content (AvgIpc) is 2.43. The minimum atomic E-state index is 0.273. The molecule has 0 aromatic carbocycles. The molecule has 0 spiro atoms. The van der Waals surface area contributed by atoms with Crippen LogP contribution in [-0.4, -0.2) is 5.78 Å². The monoisotopic (exact) mass is 152 g/mol. The van der Waals surface area contributed by atoms with Crippen molar-refractivity contribution in [1.29, 1.82) is 0 Å². The molecular weight excluding hydrogens is 136 g/mol. The Hall–Kier alpha value is -0.850. The van der Waals surface area contributed by atoms with Gasteiger partial charge < -0.3 is 0 Å². The summed E-state index contributed by atoms with van der Waals surface area (Å²) in [7, 11) is 0. The van der Waals surface area contributed by atoms with Crippen molar-refractivity contribution < 1.29 is 4.79 Å². The first-order chi connectivity index (χ1) is 5.31. The molecule has 0 N–H and O–H groups in total. The van der Waals surface area contributed by atoms with E-state index < -0.39 is 0 Å². The number of rotatable bonds is 1. The average molecular weight is 152 g/mol. The van der Waals surface area contributed by atoms with E-state index in [1.54, 1.807) is 6.08 Å². The van der Waals surface area contributed by atoms with Gasteiger partial charge in [0.2, 0.25) is 0 Å². The standard InChI is InChI=1S/C5H6O.C5H10/c6-5-3-1-2-4-5;1-3-5-4-2/h1,3H,2,4H2;3,5H,4H2,1-2H3/b;5-3-. The molecule has 0 saturated heterocycles. The van der Waals surface area contributed by atoms with Gasteiger partial charge in [0.1, 0.15) is 0 Å². The van der Waals surface area contributed by atoms with Crippen LogP contribution >= 0.6 is 0 Å². The summed E-state index contributed by atoms with van der Waals surface area (Å²) in [6, 6.07) is 0. The van der Waals surface area contributed by atoms with Crippen molar-refractivity contribution in [2.24, 2.45) is 0 Å². The highest BCUT2D eigenvalue weighted by atomic mass is 16.1. The van der Waals surface area contributed by atoms with Gasteiger partial charge in [0, 0.05) is 6.42 Å². The third-order valence-electron chi connectivity index (χ3n) is 1.33. The molecule has 0 bridgehead atoms. The largest absolute Gasteiger partial charge is 0.295 e. The smallest absolute Gasteiger partial charge is 0.155 e. The maximum atomic E-state index is 10.2. The van der Waals surface area contributed by atoms with Gasteiger partial charge in [-0.25, -0.2) is 0 Å². The van der Waals surface area contributed by atoms with Crippen molar-refractivity contribution in [2.45, 2.75) is 33.1 Å². The highest BCUT2D eigenvalue weighted by Gasteiger charge is 1.98. The second kappa shape index (κ2) is 7.26. The molecule has 1 nitrogen and oxygen atoms in total. The number of carbonyl (C=O) groups is 1. The Balaban J connectivity index is 0.000000187. The molecule has 0 aliphatic heterocycles. The van der Waals surface area contributed by atoms with Crippen LogP contribution in [0.15, 0.2) is 24.3 Å².